The smallest absolute Gasteiger partial charge is 0.152 e. The number of carbonyl (C=O) groups excluding carboxylic acids is 2. The third kappa shape index (κ3) is 4.36. The van der Waals surface area contributed by atoms with Crippen LogP contribution in [0.25, 0.3) is 6.08 Å². The highest BCUT2D eigenvalue weighted by Gasteiger charge is 1.97. The first-order valence-corrected chi connectivity index (χ1v) is 4.85. The standard InChI is InChI=1S/C13H14O2/c1-10(14)6-7-12-4-3-5-13(9-12)8-11(2)15/h3-7,9H,8H2,1-2H3/b7-6+. The van der Waals surface area contributed by atoms with Gasteiger partial charge in [-0.2, -0.15) is 0 Å². The third-order valence-electron chi connectivity index (χ3n) is 1.91. The number of rotatable bonds is 4. The maximum Gasteiger partial charge on any atom is 0.152 e. The fraction of sp³-hybridized carbons (Fsp3) is 0.231. The van der Waals surface area contributed by atoms with Gasteiger partial charge in [-0.3, -0.25) is 9.59 Å². The molecular formula is C13H14O2. The number of Topliss-reactive ketones (excluding diaryl/α,β-unsaturated/α-hetero) is 1. The van der Waals surface area contributed by atoms with Crippen LogP contribution in [0.15, 0.2) is 30.3 Å². The molecule has 0 bridgehead atoms. The average molecular weight is 202 g/mol. The van der Waals surface area contributed by atoms with Crippen LogP contribution in [0.5, 0.6) is 0 Å². The number of allylic oxidation sites excluding steroid dienone is 1. The number of carbonyl (C=O) groups is 2. The van der Waals surface area contributed by atoms with E-state index in [2.05, 4.69) is 0 Å². The SMILES string of the molecule is CC(=O)/C=C/c1cccc(CC(C)=O)c1. The molecular weight excluding hydrogens is 188 g/mol. The van der Waals surface area contributed by atoms with Gasteiger partial charge >= 0.3 is 0 Å². The molecule has 1 aromatic carbocycles. The Morgan fingerprint density at radius 3 is 2.60 bits per heavy atom. The van der Waals surface area contributed by atoms with Crippen LogP contribution in [0.2, 0.25) is 0 Å². The molecule has 0 atom stereocenters. The molecule has 78 valence electrons. The van der Waals surface area contributed by atoms with Gasteiger partial charge in [0.15, 0.2) is 5.78 Å². The van der Waals surface area contributed by atoms with Crippen molar-refractivity contribution in [3.05, 3.63) is 41.5 Å². The van der Waals surface area contributed by atoms with Gasteiger partial charge in [-0.25, -0.2) is 0 Å². The molecule has 1 aromatic rings. The molecule has 0 unspecified atom stereocenters. The molecule has 2 heteroatoms. The minimum absolute atomic E-state index is 0.0203. The normalized spacial score (nSPS) is 10.5. The van der Waals surface area contributed by atoms with Gasteiger partial charge in [0.05, 0.1) is 0 Å². The lowest BCUT2D eigenvalue weighted by Gasteiger charge is -1.99. The first kappa shape index (κ1) is 11.4. The van der Waals surface area contributed by atoms with Gasteiger partial charge in [-0.15, -0.1) is 0 Å². The van der Waals surface area contributed by atoms with Gasteiger partial charge in [0, 0.05) is 6.42 Å². The molecule has 0 heterocycles. The lowest BCUT2D eigenvalue weighted by molar-refractivity contribution is -0.116. The fourth-order valence-corrected chi connectivity index (χ4v) is 1.31. The van der Waals surface area contributed by atoms with Crippen LogP contribution < -0.4 is 0 Å². The second kappa shape index (κ2) is 5.25. The van der Waals surface area contributed by atoms with Crippen LogP contribution in [-0.4, -0.2) is 11.6 Å². The number of hydrogen-bond donors (Lipinski definition) is 0. The second-order valence-electron chi connectivity index (χ2n) is 3.57. The number of benzene rings is 1. The molecule has 15 heavy (non-hydrogen) atoms. The van der Waals surface area contributed by atoms with Crippen molar-refractivity contribution >= 4 is 17.6 Å². The average Bonchev–Trinajstić information content (AvgIpc) is 2.14. The van der Waals surface area contributed by atoms with Crippen LogP contribution >= 0.6 is 0 Å². The monoisotopic (exact) mass is 202 g/mol. The maximum atomic E-state index is 10.9. The molecule has 0 amide bonds. The van der Waals surface area contributed by atoms with Gasteiger partial charge in [-0.05, 0) is 31.1 Å². The Kier molecular flexibility index (Phi) is 3.98. The van der Waals surface area contributed by atoms with E-state index in [4.69, 9.17) is 0 Å². The minimum Gasteiger partial charge on any atom is -0.300 e. The van der Waals surface area contributed by atoms with Crippen molar-refractivity contribution in [1.29, 1.82) is 0 Å². The number of ketones is 2. The van der Waals surface area contributed by atoms with E-state index in [-0.39, 0.29) is 11.6 Å². The van der Waals surface area contributed by atoms with E-state index in [1.54, 1.807) is 13.0 Å². The molecule has 0 aliphatic heterocycles. The summed E-state index contributed by atoms with van der Waals surface area (Å²) < 4.78 is 0. The van der Waals surface area contributed by atoms with E-state index in [1.165, 1.54) is 13.0 Å². The molecule has 0 radical (unpaired) electrons. The van der Waals surface area contributed by atoms with E-state index in [9.17, 15) is 9.59 Å². The Hall–Kier alpha value is -1.70. The quantitative estimate of drug-likeness (QED) is 0.703. The zero-order chi connectivity index (χ0) is 11.3. The van der Waals surface area contributed by atoms with E-state index >= 15 is 0 Å². The molecule has 2 nitrogen and oxygen atoms in total. The summed E-state index contributed by atoms with van der Waals surface area (Å²) in [5.74, 6) is 0.162. The predicted octanol–water partition coefficient (Wildman–Crippen LogP) is 2.42. The largest absolute Gasteiger partial charge is 0.300 e. The third-order valence-corrected chi connectivity index (χ3v) is 1.91. The lowest BCUT2D eigenvalue weighted by Crippen LogP contribution is -1.95. The summed E-state index contributed by atoms with van der Waals surface area (Å²) in [4.78, 5) is 21.7. The highest BCUT2D eigenvalue weighted by atomic mass is 16.1. The van der Waals surface area contributed by atoms with Gasteiger partial charge in [0.25, 0.3) is 0 Å². The van der Waals surface area contributed by atoms with Crippen molar-refractivity contribution in [2.75, 3.05) is 0 Å². The van der Waals surface area contributed by atoms with Crippen molar-refractivity contribution in [2.24, 2.45) is 0 Å². The topological polar surface area (TPSA) is 34.1 Å². The zero-order valence-electron chi connectivity index (χ0n) is 8.99. The summed E-state index contributed by atoms with van der Waals surface area (Å²) in [7, 11) is 0. The maximum absolute atomic E-state index is 10.9. The molecule has 0 saturated heterocycles. The van der Waals surface area contributed by atoms with E-state index in [0.29, 0.717) is 6.42 Å². The highest BCUT2D eigenvalue weighted by molar-refractivity contribution is 5.91. The summed E-state index contributed by atoms with van der Waals surface area (Å²) >= 11 is 0. The Bertz CT molecular complexity index is 403. The van der Waals surface area contributed by atoms with Crippen LogP contribution in [0.1, 0.15) is 25.0 Å². The Balaban J connectivity index is 2.82. The Labute approximate surface area is 89.6 Å². The summed E-state index contributed by atoms with van der Waals surface area (Å²) in [5, 5.41) is 0. The minimum atomic E-state index is 0.0203. The van der Waals surface area contributed by atoms with Crippen LogP contribution in [-0.2, 0) is 16.0 Å². The van der Waals surface area contributed by atoms with Crippen molar-refractivity contribution in [1.82, 2.24) is 0 Å². The first-order chi connectivity index (χ1) is 7.08. The van der Waals surface area contributed by atoms with E-state index in [0.717, 1.165) is 11.1 Å². The Morgan fingerprint density at radius 1 is 1.27 bits per heavy atom. The summed E-state index contributed by atoms with van der Waals surface area (Å²) in [6.45, 7) is 3.08. The molecule has 0 fully saturated rings. The number of hydrogen-bond acceptors (Lipinski definition) is 2. The summed E-state index contributed by atoms with van der Waals surface area (Å²) in [5.41, 5.74) is 1.93. The predicted molar refractivity (Wildman–Crippen MR) is 60.5 cm³/mol. The van der Waals surface area contributed by atoms with Crippen molar-refractivity contribution in [2.45, 2.75) is 20.3 Å². The van der Waals surface area contributed by atoms with Gasteiger partial charge < -0.3 is 0 Å². The molecule has 0 spiro atoms. The van der Waals surface area contributed by atoms with Crippen molar-refractivity contribution in [3.63, 3.8) is 0 Å². The van der Waals surface area contributed by atoms with Crippen LogP contribution in [0.4, 0.5) is 0 Å². The highest BCUT2D eigenvalue weighted by Crippen LogP contribution is 2.08. The summed E-state index contributed by atoms with van der Waals surface area (Å²) in [6, 6.07) is 7.62. The molecule has 0 aromatic heterocycles. The van der Waals surface area contributed by atoms with Crippen LogP contribution in [0.3, 0.4) is 0 Å². The van der Waals surface area contributed by atoms with Gasteiger partial charge in [0.1, 0.15) is 5.78 Å². The molecule has 0 N–H and O–H groups in total. The Morgan fingerprint density at radius 2 is 2.00 bits per heavy atom. The first-order valence-electron chi connectivity index (χ1n) is 4.85. The van der Waals surface area contributed by atoms with Crippen molar-refractivity contribution in [3.8, 4) is 0 Å². The zero-order valence-corrected chi connectivity index (χ0v) is 8.99. The molecule has 0 saturated carbocycles. The molecule has 0 aliphatic carbocycles. The van der Waals surface area contributed by atoms with Crippen LogP contribution in [0, 0.1) is 0 Å². The fourth-order valence-electron chi connectivity index (χ4n) is 1.31. The second-order valence-corrected chi connectivity index (χ2v) is 3.57. The molecule has 1 rings (SSSR count). The summed E-state index contributed by atoms with van der Waals surface area (Å²) in [6.07, 6.45) is 3.72. The van der Waals surface area contributed by atoms with E-state index in [1.807, 2.05) is 24.3 Å². The van der Waals surface area contributed by atoms with Gasteiger partial charge in [0.2, 0.25) is 0 Å². The van der Waals surface area contributed by atoms with Crippen molar-refractivity contribution < 1.29 is 9.59 Å². The van der Waals surface area contributed by atoms with Gasteiger partial charge in [-0.1, -0.05) is 30.3 Å². The molecule has 0 aliphatic rings. The van der Waals surface area contributed by atoms with E-state index < -0.39 is 0 Å². The lowest BCUT2D eigenvalue weighted by atomic mass is 10.1.